The molecule has 0 saturated heterocycles. The molecule has 2 aromatic rings. The molecule has 0 fully saturated rings. The normalized spacial score (nSPS) is 10.3. The number of hydrogen-bond acceptors (Lipinski definition) is 3. The van der Waals surface area contributed by atoms with Crippen molar-refractivity contribution in [2.24, 2.45) is 0 Å². The largest absolute Gasteiger partial charge is 0.392 e. The van der Waals surface area contributed by atoms with Gasteiger partial charge in [0.15, 0.2) is 0 Å². The van der Waals surface area contributed by atoms with Crippen molar-refractivity contribution < 1.29 is 9.90 Å². The van der Waals surface area contributed by atoms with E-state index in [0.717, 1.165) is 16.7 Å². The van der Waals surface area contributed by atoms with Crippen molar-refractivity contribution in [1.82, 2.24) is 5.32 Å². The third-order valence-electron chi connectivity index (χ3n) is 3.39. The summed E-state index contributed by atoms with van der Waals surface area (Å²) in [6.45, 7) is 2.57. The average Bonchev–Trinajstić information content (AvgIpc) is 2.53. The fraction of sp³-hybridized carbons (Fsp3) is 0.235. The Balaban J connectivity index is 1.87. The summed E-state index contributed by atoms with van der Waals surface area (Å²) in [6, 6.07) is 13.1. The van der Waals surface area contributed by atoms with Gasteiger partial charge in [0.05, 0.1) is 23.9 Å². The topological polar surface area (TPSA) is 61.4 Å². The van der Waals surface area contributed by atoms with Gasteiger partial charge in [0.1, 0.15) is 0 Å². The van der Waals surface area contributed by atoms with Gasteiger partial charge in [-0.05, 0) is 35.7 Å². The molecule has 0 saturated carbocycles. The fourth-order valence-electron chi connectivity index (χ4n) is 2.05. The Bertz CT molecular complexity index is 659. The van der Waals surface area contributed by atoms with E-state index >= 15 is 0 Å². The Morgan fingerprint density at radius 2 is 2.00 bits per heavy atom. The van der Waals surface area contributed by atoms with Crippen molar-refractivity contribution in [2.45, 2.75) is 20.1 Å². The summed E-state index contributed by atoms with van der Waals surface area (Å²) < 4.78 is 0. The summed E-state index contributed by atoms with van der Waals surface area (Å²) in [4.78, 5) is 11.9. The SMILES string of the molecule is Cc1ccccc1CNC(=O)CNc1cc(CO)ccc1Cl. The molecule has 3 N–H and O–H groups in total. The Labute approximate surface area is 135 Å². The summed E-state index contributed by atoms with van der Waals surface area (Å²) in [6.07, 6.45) is 0. The van der Waals surface area contributed by atoms with E-state index in [1.165, 1.54) is 0 Å². The zero-order chi connectivity index (χ0) is 15.9. The van der Waals surface area contributed by atoms with Gasteiger partial charge in [-0.15, -0.1) is 0 Å². The Morgan fingerprint density at radius 1 is 1.23 bits per heavy atom. The minimum absolute atomic E-state index is 0.0642. The van der Waals surface area contributed by atoms with Gasteiger partial charge >= 0.3 is 0 Å². The first-order valence-corrected chi connectivity index (χ1v) is 7.42. The number of nitrogens with one attached hydrogen (secondary N) is 2. The number of halogens is 1. The number of aryl methyl sites for hydroxylation is 1. The lowest BCUT2D eigenvalue weighted by atomic mass is 10.1. The van der Waals surface area contributed by atoms with E-state index in [4.69, 9.17) is 16.7 Å². The van der Waals surface area contributed by atoms with Crippen LogP contribution in [0.5, 0.6) is 0 Å². The second-order valence-electron chi connectivity index (χ2n) is 5.03. The molecular formula is C17H19ClN2O2. The maximum Gasteiger partial charge on any atom is 0.239 e. The molecule has 0 heterocycles. The molecule has 0 aliphatic carbocycles. The first kappa shape index (κ1) is 16.3. The number of benzene rings is 2. The Kier molecular flexibility index (Phi) is 5.81. The quantitative estimate of drug-likeness (QED) is 0.767. The van der Waals surface area contributed by atoms with Crippen LogP contribution in [0, 0.1) is 6.92 Å². The van der Waals surface area contributed by atoms with Gasteiger partial charge in [0.25, 0.3) is 0 Å². The van der Waals surface area contributed by atoms with Crippen molar-refractivity contribution in [2.75, 3.05) is 11.9 Å². The number of hydrogen-bond donors (Lipinski definition) is 3. The smallest absolute Gasteiger partial charge is 0.239 e. The standard InChI is InChI=1S/C17H19ClN2O2/c1-12-4-2-3-5-14(12)9-20-17(22)10-19-16-8-13(11-21)6-7-15(16)18/h2-8,19,21H,9-11H2,1H3,(H,20,22). The molecule has 5 heteroatoms. The van der Waals surface area contributed by atoms with Crippen LogP contribution in [0.15, 0.2) is 42.5 Å². The highest BCUT2D eigenvalue weighted by molar-refractivity contribution is 6.33. The lowest BCUT2D eigenvalue weighted by Crippen LogP contribution is -2.29. The minimum Gasteiger partial charge on any atom is -0.392 e. The molecule has 0 aromatic heterocycles. The molecule has 22 heavy (non-hydrogen) atoms. The third-order valence-corrected chi connectivity index (χ3v) is 3.72. The van der Waals surface area contributed by atoms with Crippen LogP contribution < -0.4 is 10.6 Å². The lowest BCUT2D eigenvalue weighted by Gasteiger charge is -2.11. The molecule has 1 amide bonds. The van der Waals surface area contributed by atoms with Crippen LogP contribution >= 0.6 is 11.6 Å². The second-order valence-corrected chi connectivity index (χ2v) is 5.44. The molecule has 0 atom stereocenters. The van der Waals surface area contributed by atoms with Crippen molar-refractivity contribution in [3.63, 3.8) is 0 Å². The molecule has 4 nitrogen and oxygen atoms in total. The van der Waals surface area contributed by atoms with E-state index in [0.29, 0.717) is 17.3 Å². The molecule has 0 unspecified atom stereocenters. The second kappa shape index (κ2) is 7.82. The molecule has 0 aliphatic heterocycles. The summed E-state index contributed by atoms with van der Waals surface area (Å²) >= 11 is 6.05. The van der Waals surface area contributed by atoms with E-state index in [1.54, 1.807) is 18.2 Å². The number of amides is 1. The Morgan fingerprint density at radius 3 is 2.73 bits per heavy atom. The van der Waals surface area contributed by atoms with Gasteiger partial charge in [-0.2, -0.15) is 0 Å². The molecule has 2 aromatic carbocycles. The van der Waals surface area contributed by atoms with E-state index in [-0.39, 0.29) is 19.1 Å². The highest BCUT2D eigenvalue weighted by Crippen LogP contribution is 2.22. The minimum atomic E-state index is -0.117. The molecule has 2 rings (SSSR count). The van der Waals surface area contributed by atoms with Gasteiger partial charge < -0.3 is 15.7 Å². The van der Waals surface area contributed by atoms with Crippen molar-refractivity contribution >= 4 is 23.2 Å². The van der Waals surface area contributed by atoms with E-state index < -0.39 is 0 Å². The van der Waals surface area contributed by atoms with Crippen LogP contribution in [0.2, 0.25) is 5.02 Å². The van der Waals surface area contributed by atoms with E-state index in [1.807, 2.05) is 31.2 Å². The predicted octanol–water partition coefficient (Wildman–Crippen LogP) is 2.87. The number of carbonyl (C=O) groups is 1. The van der Waals surface area contributed by atoms with Gasteiger partial charge in [0.2, 0.25) is 5.91 Å². The Hall–Kier alpha value is -2.04. The third kappa shape index (κ3) is 4.48. The maximum atomic E-state index is 11.9. The number of aliphatic hydroxyl groups is 1. The van der Waals surface area contributed by atoms with Gasteiger partial charge in [-0.3, -0.25) is 4.79 Å². The van der Waals surface area contributed by atoms with Crippen LogP contribution in [0.25, 0.3) is 0 Å². The summed E-state index contributed by atoms with van der Waals surface area (Å²) in [5, 5.41) is 15.5. The highest BCUT2D eigenvalue weighted by Gasteiger charge is 2.06. The van der Waals surface area contributed by atoms with Crippen molar-refractivity contribution in [1.29, 1.82) is 0 Å². The maximum absolute atomic E-state index is 11.9. The fourth-order valence-corrected chi connectivity index (χ4v) is 2.23. The van der Waals surface area contributed by atoms with E-state index in [2.05, 4.69) is 10.6 Å². The summed E-state index contributed by atoms with van der Waals surface area (Å²) in [5.41, 5.74) is 3.62. The van der Waals surface area contributed by atoms with Crippen LogP contribution in [0.1, 0.15) is 16.7 Å². The van der Waals surface area contributed by atoms with Gasteiger partial charge in [0, 0.05) is 6.54 Å². The van der Waals surface area contributed by atoms with Crippen LogP contribution in [-0.2, 0) is 17.9 Å². The first-order valence-electron chi connectivity index (χ1n) is 7.04. The van der Waals surface area contributed by atoms with Crippen molar-refractivity contribution in [3.8, 4) is 0 Å². The monoisotopic (exact) mass is 318 g/mol. The van der Waals surface area contributed by atoms with Gasteiger partial charge in [-0.1, -0.05) is 41.9 Å². The number of carbonyl (C=O) groups excluding carboxylic acids is 1. The number of rotatable bonds is 6. The molecule has 116 valence electrons. The summed E-state index contributed by atoms with van der Waals surface area (Å²) in [7, 11) is 0. The highest BCUT2D eigenvalue weighted by atomic mass is 35.5. The van der Waals surface area contributed by atoms with E-state index in [9.17, 15) is 4.79 Å². The lowest BCUT2D eigenvalue weighted by molar-refractivity contribution is -0.119. The van der Waals surface area contributed by atoms with Crippen LogP contribution in [-0.4, -0.2) is 17.6 Å². The molecule has 0 spiro atoms. The van der Waals surface area contributed by atoms with Crippen molar-refractivity contribution in [3.05, 3.63) is 64.2 Å². The van der Waals surface area contributed by atoms with Crippen LogP contribution in [0.4, 0.5) is 5.69 Å². The molecule has 0 bridgehead atoms. The average molecular weight is 319 g/mol. The van der Waals surface area contributed by atoms with Gasteiger partial charge in [-0.25, -0.2) is 0 Å². The summed E-state index contributed by atoms with van der Waals surface area (Å²) in [5.74, 6) is -0.117. The number of aliphatic hydroxyl groups excluding tert-OH is 1. The zero-order valence-electron chi connectivity index (χ0n) is 12.4. The zero-order valence-corrected chi connectivity index (χ0v) is 13.2. The first-order chi connectivity index (χ1) is 10.6. The number of anilines is 1. The van der Waals surface area contributed by atoms with Crippen LogP contribution in [0.3, 0.4) is 0 Å². The molecule has 0 radical (unpaired) electrons. The molecule has 0 aliphatic rings. The molecular weight excluding hydrogens is 300 g/mol. The predicted molar refractivity (Wildman–Crippen MR) is 88.9 cm³/mol.